The fraction of sp³-hybridized carbons (Fsp3) is 0. The van der Waals surface area contributed by atoms with Crippen molar-refractivity contribution in [3.05, 3.63) is 39.5 Å². The maximum Gasteiger partial charge on any atom is 0.111 e. The number of hydrogen-bond donors (Lipinski definition) is 1. The van der Waals surface area contributed by atoms with Crippen LogP contribution in [-0.2, 0) is 4.84 Å². The van der Waals surface area contributed by atoms with Gasteiger partial charge in [-0.3, -0.25) is 0 Å². The normalized spacial score (nSPS) is 10.6. The van der Waals surface area contributed by atoms with E-state index in [1.54, 1.807) is 12.1 Å². The summed E-state index contributed by atoms with van der Waals surface area (Å²) in [6.07, 6.45) is 3.05. The third-order valence-corrected chi connectivity index (χ3v) is 2.33. The van der Waals surface area contributed by atoms with Crippen LogP contribution in [0.5, 0.6) is 0 Å². The van der Waals surface area contributed by atoms with E-state index >= 15 is 0 Å². The molecule has 0 radical (unpaired) electrons. The molecule has 0 spiro atoms. The van der Waals surface area contributed by atoms with Crippen molar-refractivity contribution in [3.63, 3.8) is 0 Å². The average molecular weight is 249 g/mol. The predicted octanol–water partition coefficient (Wildman–Crippen LogP) is 2.96. The van der Waals surface area contributed by atoms with Gasteiger partial charge in [-0.05, 0) is 18.2 Å². The van der Waals surface area contributed by atoms with E-state index in [4.69, 9.17) is 17.5 Å². The Balaban J connectivity index is 3.04. The second-order valence-electron chi connectivity index (χ2n) is 2.07. The lowest BCUT2D eigenvalue weighted by Gasteiger charge is -1.99. The fourth-order valence-electron chi connectivity index (χ4n) is 0.777. The molecule has 1 rings (SSSR count). The summed E-state index contributed by atoms with van der Waals surface area (Å²) in [5, 5.41) is 0.651. The van der Waals surface area contributed by atoms with Crippen LogP contribution in [0.1, 0.15) is 5.56 Å². The molecule has 2 nitrogen and oxygen atoms in total. The Morgan fingerprint density at radius 3 is 2.83 bits per heavy atom. The molecule has 2 N–H and O–H groups in total. The van der Waals surface area contributed by atoms with E-state index in [9.17, 15) is 0 Å². The quantitative estimate of drug-likeness (QED) is 0.645. The SMILES string of the molecule is NOC=Cc1c(Cl)cccc1Br. The maximum absolute atomic E-state index is 5.89. The van der Waals surface area contributed by atoms with Gasteiger partial charge in [0.05, 0.1) is 0 Å². The monoisotopic (exact) mass is 247 g/mol. The molecular formula is C8H7BrClNO. The zero-order chi connectivity index (χ0) is 8.97. The Labute approximate surface area is 84.0 Å². The van der Waals surface area contributed by atoms with Crippen molar-refractivity contribution in [1.29, 1.82) is 0 Å². The largest absolute Gasteiger partial charge is 0.419 e. The van der Waals surface area contributed by atoms with E-state index in [1.807, 2.05) is 12.1 Å². The molecule has 4 heteroatoms. The van der Waals surface area contributed by atoms with Gasteiger partial charge in [0.25, 0.3) is 0 Å². The number of hydrogen-bond acceptors (Lipinski definition) is 2. The van der Waals surface area contributed by atoms with E-state index in [0.717, 1.165) is 10.0 Å². The highest BCUT2D eigenvalue weighted by molar-refractivity contribution is 9.10. The zero-order valence-electron chi connectivity index (χ0n) is 6.13. The summed E-state index contributed by atoms with van der Waals surface area (Å²) in [5.41, 5.74) is 0.851. The first-order valence-electron chi connectivity index (χ1n) is 3.22. The molecule has 0 aliphatic carbocycles. The van der Waals surface area contributed by atoms with Gasteiger partial charge < -0.3 is 4.84 Å². The number of benzene rings is 1. The van der Waals surface area contributed by atoms with Gasteiger partial charge in [-0.1, -0.05) is 33.6 Å². The molecule has 0 heterocycles. The first-order chi connectivity index (χ1) is 5.75. The molecule has 0 aliphatic rings. The lowest BCUT2D eigenvalue weighted by atomic mass is 10.2. The summed E-state index contributed by atoms with van der Waals surface area (Å²) >= 11 is 9.23. The van der Waals surface area contributed by atoms with Crippen LogP contribution >= 0.6 is 27.5 Å². The predicted molar refractivity (Wildman–Crippen MR) is 53.5 cm³/mol. The number of halogens is 2. The lowest BCUT2D eigenvalue weighted by Crippen LogP contribution is -1.88. The highest BCUT2D eigenvalue weighted by atomic mass is 79.9. The van der Waals surface area contributed by atoms with E-state index in [-0.39, 0.29) is 0 Å². The van der Waals surface area contributed by atoms with Crippen LogP contribution < -0.4 is 5.90 Å². The average Bonchev–Trinajstić information content (AvgIpc) is 2.04. The molecule has 64 valence electrons. The molecule has 0 fully saturated rings. The second-order valence-corrected chi connectivity index (χ2v) is 3.34. The summed E-state index contributed by atoms with van der Waals surface area (Å²) in [6, 6.07) is 5.54. The van der Waals surface area contributed by atoms with E-state index in [0.29, 0.717) is 5.02 Å². The Hall–Kier alpha value is -0.510. The smallest absolute Gasteiger partial charge is 0.111 e. The molecule has 0 saturated carbocycles. The lowest BCUT2D eigenvalue weighted by molar-refractivity contribution is 0.264. The number of nitrogens with two attached hydrogens (primary N) is 1. The van der Waals surface area contributed by atoms with Crippen LogP contribution in [0.4, 0.5) is 0 Å². The van der Waals surface area contributed by atoms with Gasteiger partial charge in [-0.2, -0.15) is 5.90 Å². The molecule has 0 amide bonds. The van der Waals surface area contributed by atoms with Gasteiger partial charge in [-0.15, -0.1) is 0 Å². The van der Waals surface area contributed by atoms with Gasteiger partial charge >= 0.3 is 0 Å². The van der Waals surface area contributed by atoms with E-state index < -0.39 is 0 Å². The third-order valence-electron chi connectivity index (χ3n) is 1.31. The van der Waals surface area contributed by atoms with Crippen LogP contribution in [-0.4, -0.2) is 0 Å². The molecule has 1 aromatic rings. The van der Waals surface area contributed by atoms with Crippen LogP contribution in [0.25, 0.3) is 6.08 Å². The molecule has 0 unspecified atom stereocenters. The van der Waals surface area contributed by atoms with Gasteiger partial charge in [0.1, 0.15) is 6.26 Å². The highest BCUT2D eigenvalue weighted by Crippen LogP contribution is 2.25. The zero-order valence-corrected chi connectivity index (χ0v) is 8.47. The van der Waals surface area contributed by atoms with Crippen molar-refractivity contribution in [2.24, 2.45) is 5.90 Å². The van der Waals surface area contributed by atoms with Crippen molar-refractivity contribution in [1.82, 2.24) is 0 Å². The van der Waals surface area contributed by atoms with Gasteiger partial charge in [0.15, 0.2) is 0 Å². The summed E-state index contributed by atoms with van der Waals surface area (Å²) in [7, 11) is 0. The van der Waals surface area contributed by atoms with Crippen LogP contribution in [0.15, 0.2) is 28.9 Å². The van der Waals surface area contributed by atoms with Crippen LogP contribution in [0, 0.1) is 0 Å². The summed E-state index contributed by atoms with van der Waals surface area (Å²) in [6.45, 7) is 0. The Morgan fingerprint density at radius 2 is 2.25 bits per heavy atom. The maximum atomic E-state index is 5.89. The fourth-order valence-corrected chi connectivity index (χ4v) is 1.63. The van der Waals surface area contributed by atoms with Crippen LogP contribution in [0.2, 0.25) is 5.02 Å². The minimum absolute atomic E-state index is 0.651. The molecule has 0 bridgehead atoms. The first-order valence-corrected chi connectivity index (χ1v) is 4.39. The summed E-state index contributed by atoms with van der Waals surface area (Å²) < 4.78 is 0.906. The molecular weight excluding hydrogens is 241 g/mol. The Kier molecular flexibility index (Phi) is 3.59. The van der Waals surface area contributed by atoms with Crippen molar-refractivity contribution >= 4 is 33.6 Å². The molecule has 12 heavy (non-hydrogen) atoms. The molecule has 1 aromatic carbocycles. The van der Waals surface area contributed by atoms with Crippen LogP contribution in [0.3, 0.4) is 0 Å². The van der Waals surface area contributed by atoms with Gasteiger partial charge in [0.2, 0.25) is 0 Å². The van der Waals surface area contributed by atoms with Crippen molar-refractivity contribution < 1.29 is 4.84 Å². The molecule has 0 atom stereocenters. The van der Waals surface area contributed by atoms with Crippen molar-refractivity contribution in [2.75, 3.05) is 0 Å². The third kappa shape index (κ3) is 2.24. The minimum atomic E-state index is 0.651. The number of rotatable bonds is 2. The molecule has 0 aromatic heterocycles. The van der Waals surface area contributed by atoms with Crippen molar-refractivity contribution in [3.8, 4) is 0 Å². The highest BCUT2D eigenvalue weighted by Gasteiger charge is 1.99. The summed E-state index contributed by atoms with van der Waals surface area (Å²) in [5.74, 6) is 4.83. The molecule has 0 saturated heterocycles. The van der Waals surface area contributed by atoms with Gasteiger partial charge in [0, 0.05) is 15.1 Å². The summed E-state index contributed by atoms with van der Waals surface area (Å²) in [4.78, 5) is 4.30. The van der Waals surface area contributed by atoms with Gasteiger partial charge in [-0.25, -0.2) is 0 Å². The Bertz CT molecular complexity index is 281. The topological polar surface area (TPSA) is 35.2 Å². The first kappa shape index (κ1) is 9.58. The Morgan fingerprint density at radius 1 is 1.50 bits per heavy atom. The van der Waals surface area contributed by atoms with E-state index in [1.165, 1.54) is 6.26 Å². The van der Waals surface area contributed by atoms with Crippen molar-refractivity contribution in [2.45, 2.75) is 0 Å². The second kappa shape index (κ2) is 4.50. The molecule has 0 aliphatic heterocycles. The van der Waals surface area contributed by atoms with E-state index in [2.05, 4.69) is 20.8 Å². The standard InChI is InChI=1S/C8H7BrClNO/c9-7-2-1-3-8(10)6(7)4-5-12-11/h1-5H,11H2. The minimum Gasteiger partial charge on any atom is -0.419 e.